The number of fused-ring (bicyclic) bond motifs is 2. The van der Waals surface area contributed by atoms with Gasteiger partial charge in [0.25, 0.3) is 11.9 Å². The summed E-state index contributed by atoms with van der Waals surface area (Å²) in [4.78, 5) is 14.5. The molecule has 2 saturated heterocycles. The maximum Gasteiger partial charge on any atom is 0.290 e. The van der Waals surface area contributed by atoms with Crippen molar-refractivity contribution in [2.24, 2.45) is 0 Å². The second-order valence-corrected chi connectivity index (χ2v) is 6.21. The van der Waals surface area contributed by atoms with E-state index in [1.165, 1.54) is 6.42 Å². The van der Waals surface area contributed by atoms with Crippen LogP contribution in [0.3, 0.4) is 0 Å². The third-order valence-corrected chi connectivity index (χ3v) is 4.56. The molecule has 4 rings (SSSR count). The van der Waals surface area contributed by atoms with Crippen LogP contribution in [0.4, 0.5) is 0 Å². The van der Waals surface area contributed by atoms with E-state index in [-0.39, 0.29) is 18.3 Å². The van der Waals surface area contributed by atoms with E-state index in [1.807, 2.05) is 35.2 Å². The van der Waals surface area contributed by atoms with Crippen LogP contribution in [0.5, 0.6) is 11.7 Å². The zero-order chi connectivity index (χ0) is 15.6. The Balaban J connectivity index is 0.00000169. The Bertz CT molecular complexity index is 689. The predicted molar refractivity (Wildman–Crippen MR) is 92.9 cm³/mol. The highest BCUT2D eigenvalue weighted by Crippen LogP contribution is 2.26. The number of hydrogen-bond acceptors (Lipinski definition) is 4. The van der Waals surface area contributed by atoms with Gasteiger partial charge < -0.3 is 19.4 Å². The molecule has 0 radical (unpaired) electrons. The fourth-order valence-electron chi connectivity index (χ4n) is 3.38. The minimum absolute atomic E-state index is 0. The van der Waals surface area contributed by atoms with Gasteiger partial charge in [0.05, 0.1) is 0 Å². The highest BCUT2D eigenvalue weighted by molar-refractivity contribution is 5.91. The molecular formula is C18H21ClN2O3. The number of hydrogen-bond donors (Lipinski definition) is 1. The zero-order valence-electron chi connectivity index (χ0n) is 13.3. The van der Waals surface area contributed by atoms with Gasteiger partial charge in [-0.2, -0.15) is 0 Å². The molecule has 2 aromatic rings. The van der Waals surface area contributed by atoms with Crippen LogP contribution < -0.4 is 10.1 Å². The first-order valence-electron chi connectivity index (χ1n) is 8.16. The van der Waals surface area contributed by atoms with Gasteiger partial charge in [-0.3, -0.25) is 4.79 Å². The summed E-state index contributed by atoms with van der Waals surface area (Å²) in [5.41, 5.74) is 0. The Morgan fingerprint density at radius 1 is 1.08 bits per heavy atom. The van der Waals surface area contributed by atoms with E-state index in [1.54, 1.807) is 12.1 Å². The van der Waals surface area contributed by atoms with Gasteiger partial charge in [0.2, 0.25) is 0 Å². The summed E-state index contributed by atoms with van der Waals surface area (Å²) in [6, 6.07) is 13.8. The van der Waals surface area contributed by atoms with E-state index in [0.717, 1.165) is 25.9 Å². The number of carbonyl (C=O) groups excluding carboxylic acids is 1. The van der Waals surface area contributed by atoms with Crippen molar-refractivity contribution in [2.45, 2.75) is 31.3 Å². The van der Waals surface area contributed by atoms with Gasteiger partial charge in [-0.15, -0.1) is 12.4 Å². The number of furan rings is 1. The second kappa shape index (κ2) is 7.28. The van der Waals surface area contributed by atoms with E-state index in [9.17, 15) is 4.79 Å². The maximum atomic E-state index is 12.6. The van der Waals surface area contributed by atoms with E-state index in [4.69, 9.17) is 9.15 Å². The molecule has 0 spiro atoms. The molecule has 2 aliphatic rings. The first kappa shape index (κ1) is 16.9. The average molecular weight is 349 g/mol. The van der Waals surface area contributed by atoms with Crippen molar-refractivity contribution in [2.75, 3.05) is 13.1 Å². The van der Waals surface area contributed by atoms with E-state index in [0.29, 0.717) is 29.5 Å². The molecule has 5 nitrogen and oxygen atoms in total. The fourth-order valence-corrected chi connectivity index (χ4v) is 3.38. The second-order valence-electron chi connectivity index (χ2n) is 6.21. The molecule has 2 unspecified atom stereocenters. The maximum absolute atomic E-state index is 12.6. The summed E-state index contributed by atoms with van der Waals surface area (Å²) < 4.78 is 11.2. The molecule has 2 fully saturated rings. The van der Waals surface area contributed by atoms with Crippen LogP contribution >= 0.6 is 12.4 Å². The first-order chi connectivity index (χ1) is 11.3. The average Bonchev–Trinajstić information content (AvgIpc) is 3.14. The first-order valence-corrected chi connectivity index (χ1v) is 8.16. The normalized spacial score (nSPS) is 22.6. The Kier molecular flexibility index (Phi) is 5.11. The molecule has 24 heavy (non-hydrogen) atoms. The van der Waals surface area contributed by atoms with Crippen LogP contribution in [-0.4, -0.2) is 36.0 Å². The van der Waals surface area contributed by atoms with Gasteiger partial charge in [0.1, 0.15) is 5.75 Å². The number of halogens is 1. The summed E-state index contributed by atoms with van der Waals surface area (Å²) >= 11 is 0. The number of para-hydroxylation sites is 1. The van der Waals surface area contributed by atoms with Gasteiger partial charge in [0.15, 0.2) is 5.76 Å². The Morgan fingerprint density at radius 2 is 1.88 bits per heavy atom. The molecule has 1 aromatic heterocycles. The van der Waals surface area contributed by atoms with Crippen molar-refractivity contribution in [1.82, 2.24) is 10.2 Å². The molecule has 0 aliphatic carbocycles. The summed E-state index contributed by atoms with van der Waals surface area (Å²) in [7, 11) is 0. The number of benzene rings is 1. The van der Waals surface area contributed by atoms with E-state index >= 15 is 0 Å². The number of rotatable bonds is 3. The van der Waals surface area contributed by atoms with Crippen molar-refractivity contribution in [3.05, 3.63) is 48.2 Å². The molecule has 2 aliphatic heterocycles. The number of amides is 1. The predicted octanol–water partition coefficient (Wildman–Crippen LogP) is 3.46. The van der Waals surface area contributed by atoms with Crippen LogP contribution in [0.25, 0.3) is 0 Å². The lowest BCUT2D eigenvalue weighted by Crippen LogP contribution is -2.38. The van der Waals surface area contributed by atoms with Gasteiger partial charge in [-0.25, -0.2) is 0 Å². The quantitative estimate of drug-likeness (QED) is 0.923. The van der Waals surface area contributed by atoms with Crippen molar-refractivity contribution in [1.29, 1.82) is 0 Å². The Hall–Kier alpha value is -1.98. The van der Waals surface area contributed by atoms with E-state index in [2.05, 4.69) is 5.32 Å². The summed E-state index contributed by atoms with van der Waals surface area (Å²) in [5.74, 6) is 1.32. The van der Waals surface area contributed by atoms with Gasteiger partial charge in [-0.1, -0.05) is 18.2 Å². The topological polar surface area (TPSA) is 54.7 Å². The highest BCUT2D eigenvalue weighted by Gasteiger charge is 2.32. The summed E-state index contributed by atoms with van der Waals surface area (Å²) in [6.45, 7) is 1.54. The smallest absolute Gasteiger partial charge is 0.290 e. The lowest BCUT2D eigenvalue weighted by Gasteiger charge is -2.23. The third-order valence-electron chi connectivity index (χ3n) is 4.56. The molecule has 6 heteroatoms. The molecule has 3 heterocycles. The van der Waals surface area contributed by atoms with Gasteiger partial charge >= 0.3 is 0 Å². The Labute approximate surface area is 147 Å². The molecule has 0 saturated carbocycles. The zero-order valence-corrected chi connectivity index (χ0v) is 14.1. The minimum Gasteiger partial charge on any atom is -0.426 e. The Morgan fingerprint density at radius 3 is 2.71 bits per heavy atom. The largest absolute Gasteiger partial charge is 0.426 e. The molecule has 128 valence electrons. The fraction of sp³-hybridized carbons (Fsp3) is 0.389. The van der Waals surface area contributed by atoms with Gasteiger partial charge in [-0.05, 0) is 37.5 Å². The molecule has 1 N–H and O–H groups in total. The van der Waals surface area contributed by atoms with Crippen LogP contribution in [0, 0.1) is 0 Å². The number of likely N-dealkylation sites (tertiary alicyclic amines) is 1. The third kappa shape index (κ3) is 3.57. The van der Waals surface area contributed by atoms with Crippen molar-refractivity contribution < 1.29 is 13.9 Å². The van der Waals surface area contributed by atoms with Crippen molar-refractivity contribution in [3.8, 4) is 11.7 Å². The molecule has 2 bridgehead atoms. The number of carbonyl (C=O) groups is 1. The molecule has 1 aromatic carbocycles. The van der Waals surface area contributed by atoms with E-state index < -0.39 is 0 Å². The molecule has 2 atom stereocenters. The lowest BCUT2D eigenvalue weighted by molar-refractivity contribution is 0.0711. The van der Waals surface area contributed by atoms with Crippen LogP contribution in [0.1, 0.15) is 29.8 Å². The number of nitrogens with one attached hydrogen (secondary N) is 1. The van der Waals surface area contributed by atoms with Crippen LogP contribution in [0.2, 0.25) is 0 Å². The van der Waals surface area contributed by atoms with Crippen LogP contribution in [0.15, 0.2) is 46.9 Å². The number of nitrogens with zero attached hydrogens (tertiary/aromatic N) is 1. The van der Waals surface area contributed by atoms with Gasteiger partial charge in [0, 0.05) is 31.2 Å². The number of ether oxygens (including phenoxy) is 1. The monoisotopic (exact) mass is 348 g/mol. The standard InChI is InChI=1S/C18H20N2O3.ClH/c21-18(20-11-10-13-6-7-14(12-20)19-13)16-8-9-17(23-16)22-15-4-2-1-3-5-15;/h1-5,8-9,13-14,19H,6-7,10-12H2;1H. The SMILES string of the molecule is Cl.O=C(c1ccc(Oc2ccccc2)o1)N1CCC2CCC(C1)N2. The minimum atomic E-state index is -0.0535. The molecular weight excluding hydrogens is 328 g/mol. The summed E-state index contributed by atoms with van der Waals surface area (Å²) in [5, 5.41) is 3.58. The highest BCUT2D eigenvalue weighted by atomic mass is 35.5. The van der Waals surface area contributed by atoms with Crippen molar-refractivity contribution >= 4 is 18.3 Å². The van der Waals surface area contributed by atoms with Crippen LogP contribution in [-0.2, 0) is 0 Å². The van der Waals surface area contributed by atoms with Crippen molar-refractivity contribution in [3.63, 3.8) is 0 Å². The summed E-state index contributed by atoms with van der Waals surface area (Å²) in [6.07, 6.45) is 3.38. The molecule has 1 amide bonds. The lowest BCUT2D eigenvalue weighted by atomic mass is 10.1.